The van der Waals surface area contributed by atoms with Crippen molar-refractivity contribution >= 4 is 12.1 Å². The number of nitrogens with zero attached hydrogens (tertiary/aromatic N) is 1. The molecular formula is C6H6N3O. The molecule has 1 rings (SSSR count). The molecule has 51 valence electrons. The van der Waals surface area contributed by atoms with Crippen molar-refractivity contribution in [1.29, 1.82) is 0 Å². The Hall–Kier alpha value is -1.58. The highest BCUT2D eigenvalue weighted by atomic mass is 16.1. The van der Waals surface area contributed by atoms with Crippen molar-refractivity contribution in [2.45, 2.75) is 0 Å². The highest BCUT2D eigenvalue weighted by molar-refractivity contribution is 5.91. The lowest BCUT2D eigenvalue weighted by Crippen LogP contribution is -2.22. The quantitative estimate of drug-likeness (QED) is 0.500. The van der Waals surface area contributed by atoms with Crippen LogP contribution in [0.1, 0.15) is 0 Å². The molecule has 1 radical (unpaired) electrons. The second-order valence-corrected chi connectivity index (χ2v) is 1.63. The molecule has 0 aromatic heterocycles. The summed E-state index contributed by atoms with van der Waals surface area (Å²) in [5.41, 5.74) is 5.10. The molecule has 0 fully saturated rings. The van der Waals surface area contributed by atoms with E-state index in [1.54, 1.807) is 12.3 Å². The zero-order valence-corrected chi connectivity index (χ0v) is 5.16. The van der Waals surface area contributed by atoms with Gasteiger partial charge in [0, 0.05) is 12.4 Å². The monoisotopic (exact) mass is 136 g/mol. The first-order valence-corrected chi connectivity index (χ1v) is 2.68. The first-order chi connectivity index (χ1) is 4.80. The predicted octanol–water partition coefficient (Wildman–Crippen LogP) is -0.696. The van der Waals surface area contributed by atoms with E-state index in [0.717, 1.165) is 0 Å². The van der Waals surface area contributed by atoms with Crippen LogP contribution in [0.15, 0.2) is 23.0 Å². The van der Waals surface area contributed by atoms with Crippen LogP contribution in [0, 0.1) is 6.20 Å². The first kappa shape index (κ1) is 6.54. The number of carbonyl (C=O) groups excluding carboxylic acids is 1. The minimum atomic E-state index is -0.566. The number of carbonyl (C=O) groups is 1. The molecule has 4 nitrogen and oxygen atoms in total. The minimum absolute atomic E-state index is 0.171. The Morgan fingerprint density at radius 1 is 1.80 bits per heavy atom. The molecule has 0 aromatic carbocycles. The topological polar surface area (TPSA) is 67.5 Å². The number of rotatable bonds is 1. The van der Waals surface area contributed by atoms with Gasteiger partial charge in [0.1, 0.15) is 11.9 Å². The van der Waals surface area contributed by atoms with Gasteiger partial charge in [-0.2, -0.15) is 0 Å². The molecule has 0 atom stereocenters. The fourth-order valence-electron chi connectivity index (χ4n) is 0.478. The zero-order chi connectivity index (χ0) is 7.40. The van der Waals surface area contributed by atoms with Crippen molar-refractivity contribution < 1.29 is 4.79 Å². The molecule has 1 aliphatic rings. The predicted molar refractivity (Wildman–Crippen MR) is 36.7 cm³/mol. The molecule has 0 spiro atoms. The van der Waals surface area contributed by atoms with Crippen LogP contribution in [0.5, 0.6) is 0 Å². The molecule has 0 unspecified atom stereocenters. The van der Waals surface area contributed by atoms with Gasteiger partial charge in [-0.05, 0) is 6.08 Å². The summed E-state index contributed by atoms with van der Waals surface area (Å²) in [7, 11) is 0. The van der Waals surface area contributed by atoms with E-state index in [1.807, 2.05) is 0 Å². The van der Waals surface area contributed by atoms with Crippen LogP contribution in [0.3, 0.4) is 0 Å². The highest BCUT2D eigenvalue weighted by Crippen LogP contribution is 1.89. The average Bonchev–Trinajstić information content (AvgIpc) is 2.12. The molecule has 1 heterocycles. The van der Waals surface area contributed by atoms with Crippen molar-refractivity contribution in [2.75, 3.05) is 0 Å². The van der Waals surface area contributed by atoms with Gasteiger partial charge >= 0.3 is 0 Å². The Morgan fingerprint density at radius 2 is 2.60 bits per heavy atom. The number of nitrogens with one attached hydrogen (secondary N) is 1. The van der Waals surface area contributed by atoms with Gasteiger partial charge in [-0.25, -0.2) is 0 Å². The number of allylic oxidation sites excluding steroid dienone is 1. The van der Waals surface area contributed by atoms with E-state index < -0.39 is 5.91 Å². The van der Waals surface area contributed by atoms with Gasteiger partial charge in [0.15, 0.2) is 0 Å². The smallest absolute Gasteiger partial charge is 0.267 e. The van der Waals surface area contributed by atoms with Gasteiger partial charge in [0.25, 0.3) is 5.91 Å². The Kier molecular flexibility index (Phi) is 1.84. The Labute approximate surface area is 58.1 Å². The number of hydrogen-bond acceptors (Lipinski definition) is 3. The SMILES string of the molecule is NC(=O)C1=[C]N=CC=CN1. The van der Waals surface area contributed by atoms with E-state index in [2.05, 4.69) is 16.5 Å². The maximum atomic E-state index is 10.5. The van der Waals surface area contributed by atoms with Crippen molar-refractivity contribution in [3.63, 3.8) is 0 Å². The van der Waals surface area contributed by atoms with E-state index in [1.165, 1.54) is 6.21 Å². The summed E-state index contributed by atoms with van der Waals surface area (Å²) in [6, 6.07) is 0. The lowest BCUT2D eigenvalue weighted by atomic mass is 10.4. The first-order valence-electron chi connectivity index (χ1n) is 2.68. The molecule has 0 bridgehead atoms. The highest BCUT2D eigenvalue weighted by Gasteiger charge is 2.01. The van der Waals surface area contributed by atoms with Gasteiger partial charge in [-0.15, -0.1) is 0 Å². The fraction of sp³-hybridized carbons (Fsp3) is 0. The molecule has 0 saturated carbocycles. The normalized spacial score (nSPS) is 15.4. The van der Waals surface area contributed by atoms with Crippen molar-refractivity contribution in [2.24, 2.45) is 10.7 Å². The van der Waals surface area contributed by atoms with Crippen LogP contribution in [0.2, 0.25) is 0 Å². The Bertz CT molecular complexity index is 227. The molecule has 0 aliphatic carbocycles. The molecule has 3 N–H and O–H groups in total. The van der Waals surface area contributed by atoms with E-state index in [4.69, 9.17) is 5.73 Å². The van der Waals surface area contributed by atoms with Crippen LogP contribution in [-0.4, -0.2) is 12.1 Å². The second-order valence-electron chi connectivity index (χ2n) is 1.63. The van der Waals surface area contributed by atoms with Gasteiger partial charge in [0.05, 0.1) is 0 Å². The lowest BCUT2D eigenvalue weighted by molar-refractivity contribution is -0.114. The van der Waals surface area contributed by atoms with Crippen molar-refractivity contribution in [1.82, 2.24) is 5.32 Å². The largest absolute Gasteiger partial charge is 0.364 e. The number of primary amides is 1. The summed E-state index contributed by atoms with van der Waals surface area (Å²) >= 11 is 0. The molecule has 4 heteroatoms. The maximum absolute atomic E-state index is 10.5. The fourth-order valence-corrected chi connectivity index (χ4v) is 0.478. The summed E-state index contributed by atoms with van der Waals surface area (Å²) in [5, 5.41) is 2.61. The molecule has 0 aromatic rings. The number of nitrogens with two attached hydrogens (primary N) is 1. The summed E-state index contributed by atoms with van der Waals surface area (Å²) in [4.78, 5) is 14.1. The summed E-state index contributed by atoms with van der Waals surface area (Å²) in [6.45, 7) is 0. The zero-order valence-electron chi connectivity index (χ0n) is 5.16. The third-order valence-corrected chi connectivity index (χ3v) is 0.907. The summed E-state index contributed by atoms with van der Waals surface area (Å²) in [5.74, 6) is -0.566. The molecule has 10 heavy (non-hydrogen) atoms. The number of aliphatic imine (C=N–C) groups is 1. The van der Waals surface area contributed by atoms with Crippen LogP contribution < -0.4 is 11.1 Å². The molecule has 1 amide bonds. The average molecular weight is 136 g/mol. The van der Waals surface area contributed by atoms with E-state index in [0.29, 0.717) is 0 Å². The second kappa shape index (κ2) is 2.82. The van der Waals surface area contributed by atoms with Gasteiger partial charge in [0.2, 0.25) is 0 Å². The van der Waals surface area contributed by atoms with E-state index >= 15 is 0 Å². The third kappa shape index (κ3) is 1.45. The standard InChI is InChI=1S/C6H6N3O/c7-6(10)5-4-8-2-1-3-9-5/h1-3,9H,(H2,7,10). The lowest BCUT2D eigenvalue weighted by Gasteiger charge is -1.96. The molecule has 1 aliphatic heterocycles. The summed E-state index contributed by atoms with van der Waals surface area (Å²) in [6.07, 6.45) is 7.12. The van der Waals surface area contributed by atoms with Gasteiger partial charge < -0.3 is 11.1 Å². The number of hydrogen-bond donors (Lipinski definition) is 2. The number of amides is 1. The maximum Gasteiger partial charge on any atom is 0.267 e. The summed E-state index contributed by atoms with van der Waals surface area (Å²) < 4.78 is 0. The van der Waals surface area contributed by atoms with Crippen molar-refractivity contribution in [3.8, 4) is 0 Å². The van der Waals surface area contributed by atoms with Crippen molar-refractivity contribution in [3.05, 3.63) is 24.2 Å². The Balaban J connectivity index is 2.78. The Morgan fingerprint density at radius 3 is 3.30 bits per heavy atom. The van der Waals surface area contributed by atoms with Gasteiger partial charge in [-0.3, -0.25) is 9.79 Å². The molecular weight excluding hydrogens is 130 g/mol. The minimum Gasteiger partial charge on any atom is -0.364 e. The van der Waals surface area contributed by atoms with E-state index in [-0.39, 0.29) is 5.70 Å². The molecule has 0 saturated heterocycles. The van der Waals surface area contributed by atoms with Crippen LogP contribution in [0.25, 0.3) is 0 Å². The van der Waals surface area contributed by atoms with Crippen LogP contribution in [-0.2, 0) is 4.79 Å². The van der Waals surface area contributed by atoms with Gasteiger partial charge in [-0.1, -0.05) is 0 Å². The van der Waals surface area contributed by atoms with Crippen LogP contribution in [0.4, 0.5) is 0 Å². The van der Waals surface area contributed by atoms with E-state index in [9.17, 15) is 4.79 Å². The van der Waals surface area contributed by atoms with Crippen LogP contribution >= 0.6 is 0 Å². The third-order valence-electron chi connectivity index (χ3n) is 0.907.